The lowest BCUT2D eigenvalue weighted by molar-refractivity contribution is 0.414. The van der Waals surface area contributed by atoms with Crippen LogP contribution in [0.5, 0.6) is 11.5 Å². The molecule has 6 aromatic carbocycles. The molecule has 0 aliphatic rings. The number of benzene rings is 6. The molecule has 0 fully saturated rings. The van der Waals surface area contributed by atoms with E-state index in [4.69, 9.17) is 9.47 Å². The first-order valence-corrected chi connectivity index (χ1v) is 19.6. The summed E-state index contributed by atoms with van der Waals surface area (Å²) < 4.78 is 10.7. The Bertz CT molecular complexity index is 1890. The van der Waals surface area contributed by atoms with Crippen LogP contribution in [0.1, 0.15) is 117 Å². The van der Waals surface area contributed by atoms with Gasteiger partial charge in [-0.25, -0.2) is 0 Å². The van der Waals surface area contributed by atoms with Crippen LogP contribution < -0.4 is 9.47 Å². The number of ether oxygens (including phenoxy) is 2. The third-order valence-corrected chi connectivity index (χ3v) is 10.4. The first-order chi connectivity index (χ1) is 26.0. The Labute approximate surface area is 328 Å². The van der Waals surface area contributed by atoms with E-state index in [1.807, 2.05) is 52.0 Å². The molecule has 6 rings (SSSR count). The molecule has 0 heterocycles. The summed E-state index contributed by atoms with van der Waals surface area (Å²) in [5.41, 5.74) is 12.5. The highest BCUT2D eigenvalue weighted by Gasteiger charge is 2.32. The largest absolute Gasteiger partial charge is 0.497 e. The molecule has 0 saturated carbocycles. The molecule has 284 valence electrons. The molecule has 0 spiro atoms. The van der Waals surface area contributed by atoms with E-state index in [0.717, 1.165) is 11.5 Å². The zero-order valence-corrected chi connectivity index (χ0v) is 35.3. The Balaban J connectivity index is 0.000000267. The van der Waals surface area contributed by atoms with E-state index >= 15 is 0 Å². The molecule has 54 heavy (non-hydrogen) atoms. The molecule has 0 aromatic heterocycles. The van der Waals surface area contributed by atoms with Gasteiger partial charge in [-0.3, -0.25) is 0 Å². The van der Waals surface area contributed by atoms with Crippen molar-refractivity contribution in [3.05, 3.63) is 201 Å². The van der Waals surface area contributed by atoms with Gasteiger partial charge in [-0.15, -0.1) is 0 Å². The Morgan fingerprint density at radius 2 is 0.556 bits per heavy atom. The number of aryl methyl sites for hydroxylation is 3. The minimum atomic E-state index is -0.213. The van der Waals surface area contributed by atoms with Crippen molar-refractivity contribution < 1.29 is 9.47 Å². The van der Waals surface area contributed by atoms with Gasteiger partial charge in [-0.05, 0) is 104 Å². The average Bonchev–Trinajstić information content (AvgIpc) is 3.23. The van der Waals surface area contributed by atoms with Gasteiger partial charge in [0.25, 0.3) is 0 Å². The third kappa shape index (κ3) is 10.1. The van der Waals surface area contributed by atoms with E-state index in [1.54, 1.807) is 14.2 Å². The van der Waals surface area contributed by atoms with Gasteiger partial charge in [-0.1, -0.05) is 180 Å². The summed E-state index contributed by atoms with van der Waals surface area (Å²) in [6, 6.07) is 52.5. The van der Waals surface area contributed by atoms with Gasteiger partial charge < -0.3 is 9.47 Å². The highest BCUT2D eigenvalue weighted by atomic mass is 16.5. The zero-order valence-electron chi connectivity index (χ0n) is 35.3. The van der Waals surface area contributed by atoms with Crippen LogP contribution in [0.2, 0.25) is 0 Å². The van der Waals surface area contributed by atoms with E-state index in [1.165, 1.54) is 55.6 Å². The van der Waals surface area contributed by atoms with Crippen LogP contribution in [0.25, 0.3) is 0 Å². The van der Waals surface area contributed by atoms with Crippen LogP contribution in [0.15, 0.2) is 146 Å². The standard InChI is InChI=1S/C25H28O.C23H24O.2C2H6/c1-18(2)20-8-12-22(13-9-20)25(4,21-10-6-19(3)7-11-21)23-14-16-24(26-5)17-15-23;1-17-5-9-19(10-6-17)23(3,20-11-7-18(2)8-12-20)21-13-15-22(24-4)16-14-21;2*1-2/h6-18H,1-5H3;5-16H,1-4H3;2*1-2H3. The van der Waals surface area contributed by atoms with Crippen molar-refractivity contribution in [2.45, 2.75) is 92.9 Å². The van der Waals surface area contributed by atoms with Crippen LogP contribution in [-0.4, -0.2) is 14.2 Å². The maximum atomic E-state index is 5.35. The third-order valence-electron chi connectivity index (χ3n) is 10.4. The van der Waals surface area contributed by atoms with Gasteiger partial charge >= 0.3 is 0 Å². The summed E-state index contributed by atoms with van der Waals surface area (Å²) in [5, 5.41) is 0. The summed E-state index contributed by atoms with van der Waals surface area (Å²) in [6.45, 7) is 23.5. The SMILES string of the molecule is CC.CC.COc1ccc(C(C)(c2ccc(C)cc2)c2ccc(C(C)C)cc2)cc1.COc1ccc(C(C)(c2ccc(C)cc2)c2ccc(C)cc2)cc1. The topological polar surface area (TPSA) is 18.5 Å². The van der Waals surface area contributed by atoms with Crippen LogP contribution in [0.4, 0.5) is 0 Å². The van der Waals surface area contributed by atoms with Crippen LogP contribution in [-0.2, 0) is 10.8 Å². The maximum Gasteiger partial charge on any atom is 0.118 e. The van der Waals surface area contributed by atoms with Crippen LogP contribution >= 0.6 is 0 Å². The van der Waals surface area contributed by atoms with Gasteiger partial charge in [0.05, 0.1) is 14.2 Å². The van der Waals surface area contributed by atoms with Crippen molar-refractivity contribution in [1.82, 2.24) is 0 Å². The van der Waals surface area contributed by atoms with Gasteiger partial charge in [-0.2, -0.15) is 0 Å². The number of methoxy groups -OCH3 is 2. The predicted molar refractivity (Wildman–Crippen MR) is 234 cm³/mol. The van der Waals surface area contributed by atoms with Crippen LogP contribution in [0.3, 0.4) is 0 Å². The van der Waals surface area contributed by atoms with E-state index in [9.17, 15) is 0 Å². The lowest BCUT2D eigenvalue weighted by Gasteiger charge is -2.32. The molecule has 0 saturated heterocycles. The van der Waals surface area contributed by atoms with E-state index in [-0.39, 0.29) is 10.8 Å². The second-order valence-corrected chi connectivity index (χ2v) is 14.1. The lowest BCUT2D eigenvalue weighted by Crippen LogP contribution is -2.25. The molecule has 0 aliphatic heterocycles. The number of hydrogen-bond acceptors (Lipinski definition) is 2. The number of hydrogen-bond donors (Lipinski definition) is 0. The van der Waals surface area contributed by atoms with Gasteiger partial charge in [0.1, 0.15) is 11.5 Å². The lowest BCUT2D eigenvalue weighted by atomic mass is 9.70. The van der Waals surface area contributed by atoms with Gasteiger partial charge in [0.2, 0.25) is 0 Å². The fourth-order valence-corrected chi connectivity index (χ4v) is 6.71. The molecule has 1 atom stereocenters. The molecule has 0 bridgehead atoms. The summed E-state index contributed by atoms with van der Waals surface area (Å²) in [4.78, 5) is 0. The molecule has 1 unspecified atom stereocenters. The smallest absolute Gasteiger partial charge is 0.118 e. The van der Waals surface area contributed by atoms with E-state index < -0.39 is 0 Å². The highest BCUT2D eigenvalue weighted by molar-refractivity contribution is 5.53. The van der Waals surface area contributed by atoms with Crippen molar-refractivity contribution in [1.29, 1.82) is 0 Å². The summed E-state index contributed by atoms with van der Waals surface area (Å²) in [6.07, 6.45) is 0. The maximum absolute atomic E-state index is 5.35. The summed E-state index contributed by atoms with van der Waals surface area (Å²) in [5.74, 6) is 2.31. The minimum Gasteiger partial charge on any atom is -0.497 e. The first-order valence-electron chi connectivity index (χ1n) is 19.6. The fraction of sp³-hybridized carbons (Fsp3) is 0.308. The Kier molecular flexibility index (Phi) is 16.4. The summed E-state index contributed by atoms with van der Waals surface area (Å²) >= 11 is 0. The predicted octanol–water partition coefficient (Wildman–Crippen LogP) is 14.2. The second-order valence-electron chi connectivity index (χ2n) is 14.1. The molecule has 0 radical (unpaired) electrons. The molecule has 0 N–H and O–H groups in total. The Morgan fingerprint density at radius 3 is 0.759 bits per heavy atom. The minimum absolute atomic E-state index is 0.201. The van der Waals surface area contributed by atoms with Gasteiger partial charge in [0.15, 0.2) is 0 Å². The fourth-order valence-electron chi connectivity index (χ4n) is 6.71. The van der Waals surface area contributed by atoms with Crippen molar-refractivity contribution in [2.24, 2.45) is 0 Å². The van der Waals surface area contributed by atoms with Crippen molar-refractivity contribution >= 4 is 0 Å². The second kappa shape index (κ2) is 20.4. The van der Waals surface area contributed by atoms with E-state index in [0.29, 0.717) is 5.92 Å². The molecule has 6 aromatic rings. The molecule has 0 amide bonds. The molecular formula is C52H64O2. The Hall–Kier alpha value is -5.08. The molecule has 0 aliphatic carbocycles. The quantitative estimate of drug-likeness (QED) is 0.138. The molecular weight excluding hydrogens is 657 g/mol. The summed E-state index contributed by atoms with van der Waals surface area (Å²) in [7, 11) is 3.41. The van der Waals surface area contributed by atoms with Crippen molar-refractivity contribution in [2.75, 3.05) is 14.2 Å². The monoisotopic (exact) mass is 720 g/mol. The van der Waals surface area contributed by atoms with E-state index in [2.05, 4.69) is 170 Å². The number of rotatable bonds is 9. The van der Waals surface area contributed by atoms with Crippen molar-refractivity contribution in [3.8, 4) is 11.5 Å². The molecule has 2 nitrogen and oxygen atoms in total. The first kappa shape index (κ1) is 43.3. The van der Waals surface area contributed by atoms with Crippen molar-refractivity contribution in [3.63, 3.8) is 0 Å². The normalized spacial score (nSPS) is 11.7. The van der Waals surface area contributed by atoms with Crippen LogP contribution in [0, 0.1) is 20.8 Å². The molecule has 2 heteroatoms. The Morgan fingerprint density at radius 1 is 0.352 bits per heavy atom. The average molecular weight is 721 g/mol. The van der Waals surface area contributed by atoms with Gasteiger partial charge in [0, 0.05) is 10.8 Å². The zero-order chi connectivity index (χ0) is 39.9. The highest BCUT2D eigenvalue weighted by Crippen LogP contribution is 2.41.